The number of carbonyl (C=O) groups is 4. The number of imide groups is 2. The predicted molar refractivity (Wildman–Crippen MR) is 107 cm³/mol. The third kappa shape index (κ3) is 2.34. The van der Waals surface area contributed by atoms with Crippen LogP contribution < -0.4 is 0 Å². The molecule has 8 unspecified atom stereocenters. The number of fused-ring (bicyclic) bond motifs is 10. The smallest absolute Gasteiger partial charge is 0.236 e. The normalized spacial score (nSPS) is 41.4. The number of amides is 4. The minimum Gasteiger partial charge on any atom is -0.373 e. The first-order chi connectivity index (χ1) is 15.5. The molecule has 32 heavy (non-hydrogen) atoms. The van der Waals surface area contributed by atoms with Crippen molar-refractivity contribution in [3.05, 3.63) is 35.4 Å². The van der Waals surface area contributed by atoms with Crippen LogP contribution in [0.3, 0.4) is 0 Å². The number of hydrogen-bond acceptors (Lipinski definition) is 6. The first-order valence-electron chi connectivity index (χ1n) is 11.6. The van der Waals surface area contributed by atoms with E-state index in [-0.39, 0.29) is 84.8 Å². The summed E-state index contributed by atoms with van der Waals surface area (Å²) in [5.41, 5.74) is 1.58. The SMILES string of the molecule is O=C1C2C3CCC(O3)C2C(=O)N1Cc1ccccc1CN1C(=O)C2C3CCC(O3)C2C1=O. The third-order valence-electron chi connectivity index (χ3n) is 8.53. The van der Waals surface area contributed by atoms with Crippen molar-refractivity contribution in [3.63, 3.8) is 0 Å². The summed E-state index contributed by atoms with van der Waals surface area (Å²) in [6.45, 7) is 0.329. The molecule has 6 heterocycles. The minimum absolute atomic E-state index is 0.140. The Hall–Kier alpha value is -2.58. The van der Waals surface area contributed by atoms with Crippen molar-refractivity contribution in [2.24, 2.45) is 23.7 Å². The van der Waals surface area contributed by atoms with Crippen molar-refractivity contribution in [1.82, 2.24) is 9.80 Å². The van der Waals surface area contributed by atoms with Gasteiger partial charge in [0, 0.05) is 0 Å². The number of ether oxygens (including phenoxy) is 2. The largest absolute Gasteiger partial charge is 0.373 e. The molecule has 7 rings (SSSR count). The molecule has 6 fully saturated rings. The van der Waals surface area contributed by atoms with Gasteiger partial charge in [-0.2, -0.15) is 0 Å². The van der Waals surface area contributed by atoms with E-state index in [0.29, 0.717) is 0 Å². The number of carbonyl (C=O) groups excluding carboxylic acids is 4. The van der Waals surface area contributed by atoms with E-state index in [4.69, 9.17) is 9.47 Å². The molecule has 1 aromatic carbocycles. The Bertz CT molecular complexity index is 931. The van der Waals surface area contributed by atoms with Crippen LogP contribution in [0.1, 0.15) is 36.8 Å². The molecule has 4 bridgehead atoms. The molecule has 8 nitrogen and oxygen atoms in total. The lowest BCUT2D eigenvalue weighted by molar-refractivity contribution is -0.145. The molecule has 6 aliphatic heterocycles. The van der Waals surface area contributed by atoms with Crippen LogP contribution in [0, 0.1) is 23.7 Å². The summed E-state index contributed by atoms with van der Waals surface area (Å²) in [6, 6.07) is 7.45. The molecule has 8 atom stereocenters. The first kappa shape index (κ1) is 18.9. The van der Waals surface area contributed by atoms with E-state index >= 15 is 0 Å². The number of hydrogen-bond donors (Lipinski definition) is 0. The van der Waals surface area contributed by atoms with Crippen molar-refractivity contribution in [3.8, 4) is 0 Å². The van der Waals surface area contributed by atoms with E-state index in [1.807, 2.05) is 24.3 Å². The lowest BCUT2D eigenvalue weighted by Gasteiger charge is -2.22. The number of nitrogens with zero attached hydrogens (tertiary/aromatic N) is 2. The quantitative estimate of drug-likeness (QED) is 0.654. The molecule has 0 N–H and O–H groups in total. The Kier molecular flexibility index (Phi) is 3.84. The lowest BCUT2D eigenvalue weighted by Crippen LogP contribution is -2.36. The molecular weight excluding hydrogens is 412 g/mol. The first-order valence-corrected chi connectivity index (χ1v) is 11.6. The van der Waals surface area contributed by atoms with Gasteiger partial charge in [-0.1, -0.05) is 24.3 Å². The topological polar surface area (TPSA) is 93.2 Å². The second-order valence-corrected chi connectivity index (χ2v) is 9.98. The van der Waals surface area contributed by atoms with Gasteiger partial charge < -0.3 is 9.47 Å². The third-order valence-corrected chi connectivity index (χ3v) is 8.53. The molecule has 0 aliphatic carbocycles. The summed E-state index contributed by atoms with van der Waals surface area (Å²) in [6.07, 6.45) is 2.78. The number of rotatable bonds is 4. The van der Waals surface area contributed by atoms with Crippen LogP contribution in [0.15, 0.2) is 24.3 Å². The Morgan fingerprint density at radius 2 is 0.906 bits per heavy atom. The highest BCUT2D eigenvalue weighted by Gasteiger charge is 2.63. The second-order valence-electron chi connectivity index (χ2n) is 9.98. The van der Waals surface area contributed by atoms with Gasteiger partial charge in [-0.25, -0.2) is 0 Å². The van der Waals surface area contributed by atoms with Crippen molar-refractivity contribution in [1.29, 1.82) is 0 Å². The van der Waals surface area contributed by atoms with Crippen LogP contribution in [0.25, 0.3) is 0 Å². The van der Waals surface area contributed by atoms with Gasteiger partial charge in [-0.3, -0.25) is 29.0 Å². The van der Waals surface area contributed by atoms with Gasteiger partial charge in [0.25, 0.3) is 0 Å². The standard InChI is InChI=1S/C24H24N2O6/c27-21-17-13-5-6-14(31-13)18(17)22(28)25(21)9-11-3-1-2-4-12(11)10-26-23(29)19-15-7-8-16(32-15)20(19)24(26)30/h1-4,13-20H,5-10H2. The molecule has 0 aromatic heterocycles. The molecule has 6 saturated heterocycles. The Morgan fingerprint density at radius 1 is 0.594 bits per heavy atom. The van der Waals surface area contributed by atoms with Crippen molar-refractivity contribution < 1.29 is 28.7 Å². The lowest BCUT2D eigenvalue weighted by atomic mass is 9.81. The van der Waals surface area contributed by atoms with Crippen LogP contribution in [0.4, 0.5) is 0 Å². The van der Waals surface area contributed by atoms with E-state index in [0.717, 1.165) is 36.8 Å². The summed E-state index contributed by atoms with van der Waals surface area (Å²) < 4.78 is 11.6. The summed E-state index contributed by atoms with van der Waals surface area (Å²) in [5, 5.41) is 0. The summed E-state index contributed by atoms with van der Waals surface area (Å²) in [5.74, 6) is -2.04. The Labute approximate surface area is 184 Å². The molecule has 8 heteroatoms. The molecule has 4 amide bonds. The van der Waals surface area contributed by atoms with Crippen LogP contribution in [-0.2, 0) is 41.7 Å². The zero-order chi connectivity index (χ0) is 21.7. The highest BCUT2D eigenvalue weighted by atomic mass is 16.5. The van der Waals surface area contributed by atoms with Gasteiger partial charge >= 0.3 is 0 Å². The maximum Gasteiger partial charge on any atom is 0.236 e. The minimum atomic E-state index is -0.356. The molecule has 6 aliphatic rings. The zero-order valence-corrected chi connectivity index (χ0v) is 17.5. The zero-order valence-electron chi connectivity index (χ0n) is 17.5. The van der Waals surface area contributed by atoms with E-state index in [2.05, 4.69) is 0 Å². The van der Waals surface area contributed by atoms with Gasteiger partial charge in [-0.05, 0) is 36.8 Å². The number of benzene rings is 1. The van der Waals surface area contributed by atoms with Crippen LogP contribution >= 0.6 is 0 Å². The second kappa shape index (κ2) is 6.48. The summed E-state index contributed by atoms with van der Waals surface area (Å²) in [7, 11) is 0. The van der Waals surface area contributed by atoms with Gasteiger partial charge in [0.2, 0.25) is 23.6 Å². The van der Waals surface area contributed by atoms with Crippen LogP contribution in [-0.4, -0.2) is 57.8 Å². The fraction of sp³-hybridized carbons (Fsp3) is 0.583. The van der Waals surface area contributed by atoms with E-state index in [1.165, 1.54) is 9.80 Å². The fourth-order valence-corrected chi connectivity index (χ4v) is 7.07. The van der Waals surface area contributed by atoms with Crippen molar-refractivity contribution in [2.75, 3.05) is 0 Å². The molecule has 1 aromatic rings. The molecule has 0 saturated carbocycles. The van der Waals surface area contributed by atoms with Crippen LogP contribution in [0.2, 0.25) is 0 Å². The van der Waals surface area contributed by atoms with E-state index < -0.39 is 0 Å². The van der Waals surface area contributed by atoms with Gasteiger partial charge in [0.15, 0.2) is 0 Å². The summed E-state index contributed by atoms with van der Waals surface area (Å²) in [4.78, 5) is 54.9. The van der Waals surface area contributed by atoms with E-state index in [9.17, 15) is 19.2 Å². The van der Waals surface area contributed by atoms with E-state index in [1.54, 1.807) is 0 Å². The average Bonchev–Trinajstić information content (AvgIpc) is 3.62. The Balaban J connectivity index is 1.14. The average molecular weight is 436 g/mol. The molecule has 0 radical (unpaired) electrons. The maximum atomic E-state index is 13.1. The fourth-order valence-electron chi connectivity index (χ4n) is 7.07. The van der Waals surface area contributed by atoms with Gasteiger partial charge in [0.05, 0.1) is 61.2 Å². The molecule has 0 spiro atoms. The predicted octanol–water partition coefficient (Wildman–Crippen LogP) is 1.01. The van der Waals surface area contributed by atoms with Gasteiger partial charge in [-0.15, -0.1) is 0 Å². The van der Waals surface area contributed by atoms with Crippen LogP contribution in [0.5, 0.6) is 0 Å². The van der Waals surface area contributed by atoms with Gasteiger partial charge in [0.1, 0.15) is 0 Å². The molecule has 166 valence electrons. The highest BCUT2D eigenvalue weighted by Crippen LogP contribution is 2.50. The highest BCUT2D eigenvalue weighted by molar-refractivity contribution is 6.07. The maximum absolute atomic E-state index is 13.1. The Morgan fingerprint density at radius 3 is 1.22 bits per heavy atom. The van der Waals surface area contributed by atoms with Crippen molar-refractivity contribution in [2.45, 2.75) is 63.2 Å². The van der Waals surface area contributed by atoms with Crippen molar-refractivity contribution >= 4 is 23.6 Å². The number of likely N-dealkylation sites (tertiary alicyclic amines) is 2. The monoisotopic (exact) mass is 436 g/mol. The molecular formula is C24H24N2O6. The summed E-state index contributed by atoms with van der Waals surface area (Å²) >= 11 is 0.